The number of benzene rings is 2. The molecule has 2 aromatic carbocycles. The summed E-state index contributed by atoms with van der Waals surface area (Å²) in [5, 5.41) is 0. The van der Waals surface area contributed by atoms with Crippen molar-refractivity contribution in [3.8, 4) is 0 Å². The van der Waals surface area contributed by atoms with Crippen molar-refractivity contribution in [1.29, 1.82) is 0 Å². The first-order chi connectivity index (χ1) is 13.1. The van der Waals surface area contributed by atoms with E-state index in [1.807, 2.05) is 0 Å². The average Bonchev–Trinajstić information content (AvgIpc) is 3.21. The van der Waals surface area contributed by atoms with Gasteiger partial charge < -0.3 is 0 Å². The standard InChI is InChI=1S/C26H36N2/c1-25(2,3)19-9-11-21-17(15-19)7-13-23(21)27-28-24-14-8-18-16-20(26(4,5)6)10-12-22(18)24/h9-12,15-16,23-24,27-28H,7-8,13-14H2,1-6H3. The second-order valence-electron chi connectivity index (χ2n) is 10.8. The predicted octanol–water partition coefficient (Wildman–Crippen LogP) is 6.05. The highest BCUT2D eigenvalue weighted by atomic mass is 15.4. The summed E-state index contributed by atoms with van der Waals surface area (Å²) >= 11 is 0. The first-order valence-corrected chi connectivity index (χ1v) is 10.9. The highest BCUT2D eigenvalue weighted by Crippen LogP contribution is 2.37. The Morgan fingerprint density at radius 2 is 1.04 bits per heavy atom. The summed E-state index contributed by atoms with van der Waals surface area (Å²) in [5.41, 5.74) is 16.7. The van der Waals surface area contributed by atoms with Crippen molar-refractivity contribution in [3.63, 3.8) is 0 Å². The lowest BCUT2D eigenvalue weighted by molar-refractivity contribution is 0.377. The van der Waals surface area contributed by atoms with Crippen molar-refractivity contribution >= 4 is 0 Å². The Morgan fingerprint density at radius 1 is 0.643 bits per heavy atom. The minimum Gasteiger partial charge on any atom is -0.250 e. The van der Waals surface area contributed by atoms with Gasteiger partial charge in [-0.3, -0.25) is 0 Å². The number of hydrogen-bond acceptors (Lipinski definition) is 2. The molecule has 0 aliphatic heterocycles. The molecule has 2 atom stereocenters. The molecule has 2 unspecified atom stereocenters. The van der Waals surface area contributed by atoms with Gasteiger partial charge in [0.1, 0.15) is 0 Å². The van der Waals surface area contributed by atoms with Gasteiger partial charge in [0.2, 0.25) is 0 Å². The van der Waals surface area contributed by atoms with Crippen LogP contribution in [0.4, 0.5) is 0 Å². The second kappa shape index (κ2) is 7.00. The van der Waals surface area contributed by atoms with Gasteiger partial charge in [0.05, 0.1) is 0 Å². The molecule has 0 saturated heterocycles. The fraction of sp³-hybridized carbons (Fsp3) is 0.538. The molecule has 0 aromatic heterocycles. The van der Waals surface area contributed by atoms with E-state index in [1.54, 1.807) is 0 Å². The van der Waals surface area contributed by atoms with Crippen LogP contribution in [0.1, 0.15) is 99.8 Å². The molecular weight excluding hydrogens is 340 g/mol. The van der Waals surface area contributed by atoms with Gasteiger partial charge in [-0.05, 0) is 69.9 Å². The highest BCUT2D eigenvalue weighted by Gasteiger charge is 2.28. The Hall–Kier alpha value is -1.64. The molecule has 150 valence electrons. The molecule has 2 aliphatic carbocycles. The molecule has 0 bridgehead atoms. The third kappa shape index (κ3) is 3.77. The first-order valence-electron chi connectivity index (χ1n) is 10.9. The zero-order valence-electron chi connectivity index (χ0n) is 18.4. The second-order valence-corrected chi connectivity index (χ2v) is 10.8. The number of aryl methyl sites for hydroxylation is 2. The lowest BCUT2D eigenvalue weighted by Crippen LogP contribution is -2.36. The van der Waals surface area contributed by atoms with Crippen LogP contribution >= 0.6 is 0 Å². The fourth-order valence-electron chi connectivity index (χ4n) is 4.67. The summed E-state index contributed by atoms with van der Waals surface area (Å²) in [6.45, 7) is 13.8. The van der Waals surface area contributed by atoms with E-state index >= 15 is 0 Å². The van der Waals surface area contributed by atoms with Crippen LogP contribution in [0.25, 0.3) is 0 Å². The van der Waals surface area contributed by atoms with Gasteiger partial charge in [0, 0.05) is 12.1 Å². The molecule has 0 heterocycles. The largest absolute Gasteiger partial charge is 0.250 e. The van der Waals surface area contributed by atoms with Gasteiger partial charge in [0.25, 0.3) is 0 Å². The molecule has 4 rings (SSSR count). The van der Waals surface area contributed by atoms with Crippen LogP contribution in [-0.4, -0.2) is 0 Å². The van der Waals surface area contributed by atoms with Gasteiger partial charge in [-0.15, -0.1) is 0 Å². The van der Waals surface area contributed by atoms with Gasteiger partial charge in [-0.2, -0.15) is 0 Å². The molecule has 0 spiro atoms. The van der Waals surface area contributed by atoms with Crippen LogP contribution < -0.4 is 10.9 Å². The molecule has 0 radical (unpaired) electrons. The number of hydrogen-bond donors (Lipinski definition) is 2. The molecule has 2 aliphatic rings. The van der Waals surface area contributed by atoms with Crippen molar-refractivity contribution in [2.75, 3.05) is 0 Å². The van der Waals surface area contributed by atoms with Crippen LogP contribution in [0.15, 0.2) is 36.4 Å². The van der Waals surface area contributed by atoms with E-state index in [1.165, 1.54) is 59.1 Å². The Kier molecular flexibility index (Phi) is 4.92. The Bertz CT molecular complexity index is 793. The van der Waals surface area contributed by atoms with Crippen LogP contribution in [0.2, 0.25) is 0 Å². The average molecular weight is 377 g/mol. The van der Waals surface area contributed by atoms with Crippen molar-refractivity contribution < 1.29 is 0 Å². The number of rotatable bonds is 3. The molecule has 2 nitrogen and oxygen atoms in total. The van der Waals surface area contributed by atoms with Crippen LogP contribution in [0.5, 0.6) is 0 Å². The SMILES string of the molecule is CC(C)(C)c1ccc2c(c1)CCC2NNC1CCc2cc(C(C)(C)C)ccc21. The smallest absolute Gasteiger partial charge is 0.0468 e. The maximum atomic E-state index is 3.67. The van der Waals surface area contributed by atoms with Gasteiger partial charge >= 0.3 is 0 Å². The summed E-state index contributed by atoms with van der Waals surface area (Å²) < 4.78 is 0. The number of hydrazine groups is 1. The third-order valence-corrected chi connectivity index (χ3v) is 6.61. The van der Waals surface area contributed by atoms with E-state index in [0.29, 0.717) is 12.1 Å². The fourth-order valence-corrected chi connectivity index (χ4v) is 4.67. The molecule has 2 aromatic rings. The van der Waals surface area contributed by atoms with Crippen molar-refractivity contribution in [2.45, 2.75) is 90.1 Å². The molecule has 2 N–H and O–H groups in total. The minimum absolute atomic E-state index is 0.220. The van der Waals surface area contributed by atoms with Crippen LogP contribution in [-0.2, 0) is 23.7 Å². The Balaban J connectivity index is 1.44. The van der Waals surface area contributed by atoms with E-state index in [4.69, 9.17) is 0 Å². The Labute approximate surface area is 171 Å². The summed E-state index contributed by atoms with van der Waals surface area (Å²) in [6.07, 6.45) is 4.71. The van der Waals surface area contributed by atoms with E-state index in [2.05, 4.69) is 88.8 Å². The van der Waals surface area contributed by atoms with Gasteiger partial charge in [0.15, 0.2) is 0 Å². The molecule has 0 amide bonds. The highest BCUT2D eigenvalue weighted by molar-refractivity contribution is 5.41. The monoisotopic (exact) mass is 376 g/mol. The van der Waals surface area contributed by atoms with E-state index in [0.717, 1.165) is 0 Å². The molecule has 2 heteroatoms. The maximum absolute atomic E-state index is 3.67. The predicted molar refractivity (Wildman–Crippen MR) is 119 cm³/mol. The molecule has 0 saturated carbocycles. The molecular formula is C26H36N2. The van der Waals surface area contributed by atoms with E-state index in [9.17, 15) is 0 Å². The number of nitrogens with one attached hydrogen (secondary N) is 2. The van der Waals surface area contributed by atoms with Crippen molar-refractivity contribution in [1.82, 2.24) is 10.9 Å². The topological polar surface area (TPSA) is 24.1 Å². The van der Waals surface area contributed by atoms with Gasteiger partial charge in [-0.1, -0.05) is 77.9 Å². The zero-order valence-corrected chi connectivity index (χ0v) is 18.4. The summed E-state index contributed by atoms with van der Waals surface area (Å²) in [7, 11) is 0. The summed E-state index contributed by atoms with van der Waals surface area (Å²) in [6, 6.07) is 15.0. The van der Waals surface area contributed by atoms with E-state index in [-0.39, 0.29) is 10.8 Å². The maximum Gasteiger partial charge on any atom is 0.0468 e. The van der Waals surface area contributed by atoms with Crippen molar-refractivity contribution in [2.24, 2.45) is 0 Å². The third-order valence-electron chi connectivity index (χ3n) is 6.61. The normalized spacial score (nSPS) is 21.6. The van der Waals surface area contributed by atoms with Crippen molar-refractivity contribution in [3.05, 3.63) is 69.8 Å². The van der Waals surface area contributed by atoms with E-state index < -0.39 is 0 Å². The Morgan fingerprint density at radius 3 is 1.39 bits per heavy atom. The lowest BCUT2D eigenvalue weighted by Gasteiger charge is -2.23. The minimum atomic E-state index is 0.220. The lowest BCUT2D eigenvalue weighted by atomic mass is 9.85. The van der Waals surface area contributed by atoms with Crippen LogP contribution in [0.3, 0.4) is 0 Å². The van der Waals surface area contributed by atoms with Crippen LogP contribution in [0, 0.1) is 0 Å². The zero-order chi connectivity index (χ0) is 20.1. The first kappa shape index (κ1) is 19.7. The van der Waals surface area contributed by atoms with Gasteiger partial charge in [-0.25, -0.2) is 10.9 Å². The molecule has 28 heavy (non-hydrogen) atoms. The molecule has 0 fully saturated rings. The quantitative estimate of drug-likeness (QED) is 0.637. The summed E-state index contributed by atoms with van der Waals surface area (Å²) in [5.74, 6) is 0. The summed E-state index contributed by atoms with van der Waals surface area (Å²) in [4.78, 5) is 0. The number of fused-ring (bicyclic) bond motifs is 2.